The Labute approximate surface area is 105 Å². The van der Waals surface area contributed by atoms with E-state index in [0.29, 0.717) is 12.5 Å². The van der Waals surface area contributed by atoms with Crippen LogP contribution in [0.5, 0.6) is 0 Å². The lowest BCUT2D eigenvalue weighted by molar-refractivity contribution is 0.0919. The highest BCUT2D eigenvalue weighted by Crippen LogP contribution is 2.14. The van der Waals surface area contributed by atoms with Crippen molar-refractivity contribution in [2.45, 2.75) is 39.3 Å². The molecule has 1 aromatic rings. The summed E-state index contributed by atoms with van der Waals surface area (Å²) in [4.78, 5) is 11.8. The maximum atomic E-state index is 13.4. The highest BCUT2D eigenvalue weighted by atomic mass is 19.1. The monoisotopic (exact) mass is 257 g/mol. The van der Waals surface area contributed by atoms with E-state index < -0.39 is 23.6 Å². The van der Waals surface area contributed by atoms with Crippen molar-refractivity contribution in [3.05, 3.63) is 34.9 Å². The van der Waals surface area contributed by atoms with E-state index in [0.717, 1.165) is 0 Å². The summed E-state index contributed by atoms with van der Waals surface area (Å²) < 4.78 is 26.5. The third kappa shape index (κ3) is 3.77. The smallest absolute Gasteiger partial charge is 0.254 e. The van der Waals surface area contributed by atoms with Crippen LogP contribution in [0.1, 0.15) is 36.2 Å². The normalized spacial score (nSPS) is 14.1. The Kier molecular flexibility index (Phi) is 4.78. The molecule has 0 aromatic heterocycles. The predicted molar refractivity (Wildman–Crippen MR) is 64.3 cm³/mol. The SMILES string of the molecule is Cc1cc(C(=O)NC(C)CC(C)O)c(F)cc1F. The van der Waals surface area contributed by atoms with E-state index in [-0.39, 0.29) is 17.2 Å². The molecule has 0 bridgehead atoms. The fourth-order valence-corrected chi connectivity index (χ4v) is 1.70. The van der Waals surface area contributed by atoms with Gasteiger partial charge in [0.15, 0.2) is 0 Å². The van der Waals surface area contributed by atoms with Crippen LogP contribution in [0.2, 0.25) is 0 Å². The van der Waals surface area contributed by atoms with Crippen LogP contribution >= 0.6 is 0 Å². The largest absolute Gasteiger partial charge is 0.393 e. The molecule has 3 nitrogen and oxygen atoms in total. The minimum Gasteiger partial charge on any atom is -0.393 e. The second-order valence-corrected chi connectivity index (χ2v) is 4.54. The third-order valence-electron chi connectivity index (χ3n) is 2.57. The number of aliphatic hydroxyl groups is 1. The minimum absolute atomic E-state index is 0.189. The van der Waals surface area contributed by atoms with Crippen molar-refractivity contribution in [1.29, 1.82) is 0 Å². The van der Waals surface area contributed by atoms with Crippen molar-refractivity contribution < 1.29 is 18.7 Å². The van der Waals surface area contributed by atoms with Crippen LogP contribution in [0.3, 0.4) is 0 Å². The van der Waals surface area contributed by atoms with Gasteiger partial charge < -0.3 is 10.4 Å². The van der Waals surface area contributed by atoms with Gasteiger partial charge in [0.05, 0.1) is 11.7 Å². The number of carbonyl (C=O) groups excluding carboxylic acids is 1. The second kappa shape index (κ2) is 5.91. The molecule has 5 heteroatoms. The molecule has 2 unspecified atom stereocenters. The van der Waals surface area contributed by atoms with Crippen LogP contribution in [-0.2, 0) is 0 Å². The first-order chi connectivity index (χ1) is 8.31. The van der Waals surface area contributed by atoms with Gasteiger partial charge in [-0.05, 0) is 38.8 Å². The molecule has 0 saturated carbocycles. The number of amides is 1. The van der Waals surface area contributed by atoms with E-state index in [1.165, 1.54) is 13.0 Å². The Bertz CT molecular complexity index is 447. The Morgan fingerprint density at radius 3 is 2.50 bits per heavy atom. The van der Waals surface area contributed by atoms with Crippen LogP contribution in [0.15, 0.2) is 12.1 Å². The molecule has 100 valence electrons. The van der Waals surface area contributed by atoms with Crippen LogP contribution in [0, 0.1) is 18.6 Å². The maximum absolute atomic E-state index is 13.4. The van der Waals surface area contributed by atoms with E-state index in [1.54, 1.807) is 13.8 Å². The van der Waals surface area contributed by atoms with Crippen molar-refractivity contribution in [2.24, 2.45) is 0 Å². The number of hydrogen-bond donors (Lipinski definition) is 2. The molecule has 2 N–H and O–H groups in total. The van der Waals surface area contributed by atoms with Gasteiger partial charge in [0.2, 0.25) is 0 Å². The van der Waals surface area contributed by atoms with E-state index in [4.69, 9.17) is 5.11 Å². The van der Waals surface area contributed by atoms with Gasteiger partial charge >= 0.3 is 0 Å². The summed E-state index contributed by atoms with van der Waals surface area (Å²) in [5, 5.41) is 11.7. The zero-order valence-electron chi connectivity index (χ0n) is 10.6. The van der Waals surface area contributed by atoms with Crippen molar-refractivity contribution in [3.8, 4) is 0 Å². The van der Waals surface area contributed by atoms with Gasteiger partial charge in [0.25, 0.3) is 5.91 Å². The first kappa shape index (κ1) is 14.6. The molecule has 0 saturated heterocycles. The number of halogens is 2. The first-order valence-electron chi connectivity index (χ1n) is 5.75. The summed E-state index contributed by atoms with van der Waals surface area (Å²) >= 11 is 0. The molecule has 1 amide bonds. The number of carbonyl (C=O) groups is 1. The van der Waals surface area contributed by atoms with Gasteiger partial charge in [0, 0.05) is 12.1 Å². The molecule has 0 aliphatic rings. The molecular formula is C13H17F2NO2. The molecule has 1 aromatic carbocycles. The average molecular weight is 257 g/mol. The number of aliphatic hydroxyl groups excluding tert-OH is 1. The average Bonchev–Trinajstić information content (AvgIpc) is 2.21. The molecule has 0 spiro atoms. The quantitative estimate of drug-likeness (QED) is 0.868. The van der Waals surface area contributed by atoms with Gasteiger partial charge in [-0.1, -0.05) is 0 Å². The van der Waals surface area contributed by atoms with Gasteiger partial charge in [-0.15, -0.1) is 0 Å². The summed E-state index contributed by atoms with van der Waals surface area (Å²) in [6.45, 7) is 4.77. The number of aryl methyl sites for hydroxylation is 1. The molecule has 0 fully saturated rings. The van der Waals surface area contributed by atoms with Gasteiger partial charge in [-0.2, -0.15) is 0 Å². The topological polar surface area (TPSA) is 49.3 Å². The lowest BCUT2D eigenvalue weighted by Crippen LogP contribution is -2.35. The summed E-state index contributed by atoms with van der Waals surface area (Å²) in [5.41, 5.74) is 0.0241. The first-order valence-corrected chi connectivity index (χ1v) is 5.75. The van der Waals surface area contributed by atoms with Gasteiger partial charge in [0.1, 0.15) is 11.6 Å². The lowest BCUT2D eigenvalue weighted by atomic mass is 10.1. The Morgan fingerprint density at radius 2 is 1.94 bits per heavy atom. The highest BCUT2D eigenvalue weighted by Gasteiger charge is 2.17. The molecule has 0 aliphatic carbocycles. The van der Waals surface area contributed by atoms with Crippen LogP contribution < -0.4 is 5.32 Å². The van der Waals surface area contributed by atoms with Crippen LogP contribution in [0.25, 0.3) is 0 Å². The molecule has 0 aliphatic heterocycles. The maximum Gasteiger partial charge on any atom is 0.254 e. The van der Waals surface area contributed by atoms with Crippen LogP contribution in [-0.4, -0.2) is 23.2 Å². The molecule has 0 heterocycles. The van der Waals surface area contributed by atoms with Crippen molar-refractivity contribution in [1.82, 2.24) is 5.32 Å². The third-order valence-corrected chi connectivity index (χ3v) is 2.57. The number of benzene rings is 1. The molecule has 2 atom stereocenters. The zero-order valence-corrected chi connectivity index (χ0v) is 10.6. The summed E-state index contributed by atoms with van der Waals surface area (Å²) in [6.07, 6.45) is -0.187. The lowest BCUT2D eigenvalue weighted by Gasteiger charge is -2.16. The number of rotatable bonds is 4. The summed E-state index contributed by atoms with van der Waals surface area (Å²) in [5.74, 6) is -2.18. The highest BCUT2D eigenvalue weighted by molar-refractivity contribution is 5.94. The number of nitrogens with one attached hydrogen (secondary N) is 1. The zero-order chi connectivity index (χ0) is 13.9. The fourth-order valence-electron chi connectivity index (χ4n) is 1.70. The molecule has 1 rings (SSSR count). The standard InChI is InChI=1S/C13H17F2NO2/c1-7-4-10(12(15)6-11(7)14)13(18)16-8(2)5-9(3)17/h4,6,8-9,17H,5H2,1-3H3,(H,16,18). The Morgan fingerprint density at radius 1 is 1.33 bits per heavy atom. The summed E-state index contributed by atoms with van der Waals surface area (Å²) in [6, 6.07) is 1.58. The van der Waals surface area contributed by atoms with E-state index in [9.17, 15) is 13.6 Å². The molecule has 0 radical (unpaired) electrons. The number of hydrogen-bond acceptors (Lipinski definition) is 2. The summed E-state index contributed by atoms with van der Waals surface area (Å²) in [7, 11) is 0. The van der Waals surface area contributed by atoms with Crippen molar-refractivity contribution in [3.63, 3.8) is 0 Å². The van der Waals surface area contributed by atoms with Gasteiger partial charge in [-0.3, -0.25) is 4.79 Å². The van der Waals surface area contributed by atoms with Crippen molar-refractivity contribution in [2.75, 3.05) is 0 Å². The Balaban J connectivity index is 2.82. The molecular weight excluding hydrogens is 240 g/mol. The van der Waals surface area contributed by atoms with Gasteiger partial charge in [-0.25, -0.2) is 8.78 Å². The second-order valence-electron chi connectivity index (χ2n) is 4.54. The van der Waals surface area contributed by atoms with E-state index >= 15 is 0 Å². The Hall–Kier alpha value is -1.49. The van der Waals surface area contributed by atoms with Crippen LogP contribution in [0.4, 0.5) is 8.78 Å². The van der Waals surface area contributed by atoms with Crippen molar-refractivity contribution >= 4 is 5.91 Å². The van der Waals surface area contributed by atoms with E-state index in [2.05, 4.69) is 5.32 Å². The van der Waals surface area contributed by atoms with E-state index in [1.807, 2.05) is 0 Å². The fraction of sp³-hybridized carbons (Fsp3) is 0.462. The predicted octanol–water partition coefficient (Wildman–Crippen LogP) is 2.16. The minimum atomic E-state index is -0.889. The molecule has 18 heavy (non-hydrogen) atoms.